The third-order valence-electron chi connectivity index (χ3n) is 5.48. The predicted octanol–water partition coefficient (Wildman–Crippen LogP) is 3.85. The second-order valence-corrected chi connectivity index (χ2v) is 7.28. The van der Waals surface area contributed by atoms with Gasteiger partial charge in [-0.3, -0.25) is 4.98 Å². The van der Waals surface area contributed by atoms with E-state index in [1.54, 1.807) is 26.7 Å². The van der Waals surface area contributed by atoms with Gasteiger partial charge in [0, 0.05) is 42.2 Å². The summed E-state index contributed by atoms with van der Waals surface area (Å²) in [4.78, 5) is 15.4. The summed E-state index contributed by atoms with van der Waals surface area (Å²) in [7, 11) is 3.25. The smallest absolute Gasteiger partial charge is 0.162 e. The van der Waals surface area contributed by atoms with Crippen molar-refractivity contribution in [2.75, 3.05) is 32.2 Å². The Kier molecular flexibility index (Phi) is 4.71. The fourth-order valence-corrected chi connectivity index (χ4v) is 3.97. The highest BCUT2D eigenvalue weighted by Crippen LogP contribution is 2.36. The Morgan fingerprint density at radius 3 is 2.70 bits per heavy atom. The summed E-state index contributed by atoms with van der Waals surface area (Å²) in [6.45, 7) is 1.62. The van der Waals surface area contributed by atoms with Crippen molar-refractivity contribution < 1.29 is 14.2 Å². The number of aromatic nitrogens is 3. The maximum Gasteiger partial charge on any atom is 0.162 e. The number of hydrogen-bond acceptors (Lipinski definition) is 7. The second kappa shape index (κ2) is 7.67. The molecule has 1 atom stereocenters. The van der Waals surface area contributed by atoms with Crippen molar-refractivity contribution in [2.45, 2.75) is 12.5 Å². The van der Waals surface area contributed by atoms with Gasteiger partial charge < -0.3 is 19.1 Å². The van der Waals surface area contributed by atoms with E-state index < -0.39 is 0 Å². The summed E-state index contributed by atoms with van der Waals surface area (Å²) < 4.78 is 17.1. The fraction of sp³-hybridized carbons (Fsp3) is 0.261. The Balaban J connectivity index is 1.39. The molecule has 0 amide bonds. The van der Waals surface area contributed by atoms with Crippen LogP contribution in [-0.4, -0.2) is 48.4 Å². The first kappa shape index (κ1) is 18.4. The first-order chi connectivity index (χ1) is 14.7. The van der Waals surface area contributed by atoms with Gasteiger partial charge >= 0.3 is 0 Å². The molecule has 1 unspecified atom stereocenters. The molecule has 0 saturated carbocycles. The molecule has 4 aromatic rings. The minimum atomic E-state index is 0.0873. The standard InChI is InChI=1S/C23H22N4O3/c1-28-21-10-19-20(11-22(21)29-2)25-14-26-23(19)27-8-6-18(13-27)30-17-4-3-15-5-7-24-12-16(15)9-17/h3-5,7,9-12,14,18H,6,8,13H2,1-2H3. The molecule has 0 spiro atoms. The number of rotatable bonds is 5. The summed E-state index contributed by atoms with van der Waals surface area (Å²) in [6.07, 6.45) is 6.26. The molecule has 5 rings (SSSR count). The molecule has 3 heterocycles. The van der Waals surface area contributed by atoms with E-state index in [2.05, 4.69) is 25.9 Å². The van der Waals surface area contributed by atoms with E-state index in [0.717, 1.165) is 52.8 Å². The van der Waals surface area contributed by atoms with Crippen LogP contribution in [0.4, 0.5) is 5.82 Å². The molecule has 1 fully saturated rings. The van der Waals surface area contributed by atoms with E-state index in [0.29, 0.717) is 11.5 Å². The molecule has 2 aromatic heterocycles. The van der Waals surface area contributed by atoms with E-state index >= 15 is 0 Å². The van der Waals surface area contributed by atoms with E-state index in [1.807, 2.05) is 36.5 Å². The van der Waals surface area contributed by atoms with E-state index in [4.69, 9.17) is 14.2 Å². The van der Waals surface area contributed by atoms with Gasteiger partial charge in [-0.1, -0.05) is 6.07 Å². The SMILES string of the molecule is COc1cc2ncnc(N3CCC(Oc4ccc5ccncc5c4)C3)c2cc1OC. The summed E-state index contributed by atoms with van der Waals surface area (Å²) in [6, 6.07) is 11.9. The number of pyridine rings is 1. The maximum absolute atomic E-state index is 6.27. The van der Waals surface area contributed by atoms with Crippen molar-refractivity contribution >= 4 is 27.5 Å². The Morgan fingerprint density at radius 2 is 1.83 bits per heavy atom. The van der Waals surface area contributed by atoms with Crippen LogP contribution in [0.1, 0.15) is 6.42 Å². The lowest BCUT2D eigenvalue weighted by molar-refractivity contribution is 0.225. The van der Waals surface area contributed by atoms with Crippen molar-refractivity contribution in [3.8, 4) is 17.2 Å². The number of methoxy groups -OCH3 is 2. The third-order valence-corrected chi connectivity index (χ3v) is 5.48. The van der Waals surface area contributed by atoms with Crippen LogP contribution >= 0.6 is 0 Å². The molecule has 0 N–H and O–H groups in total. The lowest BCUT2D eigenvalue weighted by Gasteiger charge is -2.20. The molecular formula is C23H22N4O3. The van der Waals surface area contributed by atoms with Crippen molar-refractivity contribution in [1.82, 2.24) is 15.0 Å². The normalized spacial score (nSPS) is 16.2. The molecule has 0 bridgehead atoms. The highest BCUT2D eigenvalue weighted by Gasteiger charge is 2.27. The number of hydrogen-bond donors (Lipinski definition) is 0. The second-order valence-electron chi connectivity index (χ2n) is 7.28. The minimum Gasteiger partial charge on any atom is -0.493 e. The van der Waals surface area contributed by atoms with Gasteiger partial charge in [0.05, 0.1) is 26.3 Å². The molecule has 30 heavy (non-hydrogen) atoms. The van der Waals surface area contributed by atoms with Gasteiger partial charge in [-0.2, -0.15) is 0 Å². The molecule has 7 heteroatoms. The number of nitrogens with zero attached hydrogens (tertiary/aromatic N) is 4. The lowest BCUT2D eigenvalue weighted by Crippen LogP contribution is -2.25. The first-order valence-corrected chi connectivity index (χ1v) is 9.87. The molecule has 1 saturated heterocycles. The molecular weight excluding hydrogens is 380 g/mol. The summed E-state index contributed by atoms with van der Waals surface area (Å²) in [5.41, 5.74) is 0.823. The monoisotopic (exact) mass is 402 g/mol. The molecule has 2 aromatic carbocycles. The zero-order chi connectivity index (χ0) is 20.5. The predicted molar refractivity (Wildman–Crippen MR) is 116 cm³/mol. The topological polar surface area (TPSA) is 69.6 Å². The van der Waals surface area contributed by atoms with Gasteiger partial charge in [-0.25, -0.2) is 9.97 Å². The van der Waals surface area contributed by atoms with Crippen LogP contribution in [0.25, 0.3) is 21.7 Å². The van der Waals surface area contributed by atoms with Crippen LogP contribution in [0.2, 0.25) is 0 Å². The average Bonchev–Trinajstić information content (AvgIpc) is 3.25. The zero-order valence-corrected chi connectivity index (χ0v) is 16.9. The summed E-state index contributed by atoms with van der Waals surface area (Å²) in [5.74, 6) is 3.07. The fourth-order valence-electron chi connectivity index (χ4n) is 3.97. The van der Waals surface area contributed by atoms with Crippen LogP contribution in [0.15, 0.2) is 55.1 Å². The number of benzene rings is 2. The van der Waals surface area contributed by atoms with Gasteiger partial charge in [0.15, 0.2) is 11.5 Å². The van der Waals surface area contributed by atoms with Crippen LogP contribution < -0.4 is 19.1 Å². The van der Waals surface area contributed by atoms with E-state index in [1.165, 1.54) is 0 Å². The number of anilines is 1. The largest absolute Gasteiger partial charge is 0.493 e. The Morgan fingerprint density at radius 1 is 0.967 bits per heavy atom. The molecule has 0 radical (unpaired) electrons. The van der Waals surface area contributed by atoms with Crippen molar-refractivity contribution in [1.29, 1.82) is 0 Å². The van der Waals surface area contributed by atoms with Gasteiger partial charge in [0.25, 0.3) is 0 Å². The van der Waals surface area contributed by atoms with Crippen LogP contribution in [0, 0.1) is 0 Å². The zero-order valence-electron chi connectivity index (χ0n) is 16.9. The minimum absolute atomic E-state index is 0.0873. The lowest BCUT2D eigenvalue weighted by atomic mass is 10.2. The Hall–Kier alpha value is -3.61. The quantitative estimate of drug-likeness (QED) is 0.502. The summed E-state index contributed by atoms with van der Waals surface area (Å²) in [5, 5.41) is 3.17. The third kappa shape index (κ3) is 3.32. The molecule has 152 valence electrons. The van der Waals surface area contributed by atoms with Crippen LogP contribution in [0.5, 0.6) is 17.2 Å². The Labute approximate surface area is 174 Å². The molecule has 7 nitrogen and oxygen atoms in total. The highest BCUT2D eigenvalue weighted by molar-refractivity contribution is 5.92. The number of ether oxygens (including phenoxy) is 3. The molecule has 1 aliphatic rings. The first-order valence-electron chi connectivity index (χ1n) is 9.87. The molecule has 0 aliphatic carbocycles. The Bertz CT molecular complexity index is 1210. The van der Waals surface area contributed by atoms with Gasteiger partial charge in [0.2, 0.25) is 0 Å². The van der Waals surface area contributed by atoms with Crippen molar-refractivity contribution in [3.05, 3.63) is 55.1 Å². The van der Waals surface area contributed by atoms with Gasteiger partial charge in [-0.05, 0) is 29.7 Å². The van der Waals surface area contributed by atoms with Crippen LogP contribution in [-0.2, 0) is 0 Å². The van der Waals surface area contributed by atoms with Crippen LogP contribution in [0.3, 0.4) is 0 Å². The van der Waals surface area contributed by atoms with E-state index in [9.17, 15) is 0 Å². The van der Waals surface area contributed by atoms with E-state index in [-0.39, 0.29) is 6.10 Å². The summed E-state index contributed by atoms with van der Waals surface area (Å²) >= 11 is 0. The van der Waals surface area contributed by atoms with Crippen molar-refractivity contribution in [2.24, 2.45) is 0 Å². The number of fused-ring (bicyclic) bond motifs is 2. The maximum atomic E-state index is 6.27. The highest BCUT2D eigenvalue weighted by atomic mass is 16.5. The van der Waals surface area contributed by atoms with Crippen molar-refractivity contribution in [3.63, 3.8) is 0 Å². The molecule has 1 aliphatic heterocycles. The van der Waals surface area contributed by atoms with Gasteiger partial charge in [-0.15, -0.1) is 0 Å². The average molecular weight is 402 g/mol. The van der Waals surface area contributed by atoms with Gasteiger partial charge in [0.1, 0.15) is 24.0 Å².